The standard InChI is InChI=1S/C23H33NO5/c1-7-8-14-18(15(2)21(26)29-23(4,5)6)20(25)24-16(3)19(28-22(24)27)17-12-10-9-11-13-17/h9-13,15-16,18-19H,7-8,14H2,1-6H3/t15?,16-,18?,19-/m1/s1. The molecule has 1 fully saturated rings. The smallest absolute Gasteiger partial charge is 0.417 e. The van der Waals surface area contributed by atoms with Gasteiger partial charge in [-0.3, -0.25) is 9.59 Å². The van der Waals surface area contributed by atoms with E-state index in [0.29, 0.717) is 6.42 Å². The van der Waals surface area contributed by atoms with E-state index in [9.17, 15) is 14.4 Å². The summed E-state index contributed by atoms with van der Waals surface area (Å²) in [5, 5.41) is 0. The molecule has 0 aromatic heterocycles. The normalized spacial score (nSPS) is 21.4. The quantitative estimate of drug-likeness (QED) is 0.607. The minimum Gasteiger partial charge on any atom is -0.460 e. The van der Waals surface area contributed by atoms with E-state index in [1.807, 2.05) is 37.3 Å². The van der Waals surface area contributed by atoms with Crippen LogP contribution in [0.3, 0.4) is 0 Å². The van der Waals surface area contributed by atoms with Gasteiger partial charge in [-0.1, -0.05) is 57.0 Å². The summed E-state index contributed by atoms with van der Waals surface area (Å²) in [4.78, 5) is 39.8. The van der Waals surface area contributed by atoms with Crippen molar-refractivity contribution in [3.05, 3.63) is 35.9 Å². The number of benzene rings is 1. The van der Waals surface area contributed by atoms with E-state index in [1.54, 1.807) is 34.6 Å². The number of hydrogen-bond donors (Lipinski definition) is 0. The molecule has 1 heterocycles. The van der Waals surface area contributed by atoms with E-state index in [1.165, 1.54) is 4.90 Å². The molecule has 6 heteroatoms. The number of ether oxygens (including phenoxy) is 2. The number of carbonyl (C=O) groups excluding carboxylic acids is 3. The Kier molecular flexibility index (Phi) is 7.44. The zero-order valence-electron chi connectivity index (χ0n) is 18.3. The van der Waals surface area contributed by atoms with Gasteiger partial charge in [0.25, 0.3) is 0 Å². The fraction of sp³-hybridized carbons (Fsp3) is 0.609. The molecule has 4 atom stereocenters. The van der Waals surface area contributed by atoms with Crippen molar-refractivity contribution in [2.75, 3.05) is 0 Å². The average Bonchev–Trinajstić information content (AvgIpc) is 2.95. The van der Waals surface area contributed by atoms with Crippen molar-refractivity contribution in [2.24, 2.45) is 11.8 Å². The highest BCUT2D eigenvalue weighted by molar-refractivity contribution is 5.96. The molecule has 29 heavy (non-hydrogen) atoms. The lowest BCUT2D eigenvalue weighted by Gasteiger charge is -2.29. The maximum Gasteiger partial charge on any atom is 0.417 e. The van der Waals surface area contributed by atoms with Gasteiger partial charge in [-0.15, -0.1) is 0 Å². The molecule has 0 N–H and O–H groups in total. The molecular weight excluding hydrogens is 370 g/mol. The molecule has 1 aromatic carbocycles. The maximum absolute atomic E-state index is 13.4. The number of esters is 1. The third kappa shape index (κ3) is 5.58. The van der Waals surface area contributed by atoms with Gasteiger partial charge in [-0.2, -0.15) is 0 Å². The van der Waals surface area contributed by atoms with E-state index in [0.717, 1.165) is 18.4 Å². The number of unbranched alkanes of at least 4 members (excludes halogenated alkanes) is 1. The summed E-state index contributed by atoms with van der Waals surface area (Å²) in [6.45, 7) is 10.9. The number of hydrogen-bond acceptors (Lipinski definition) is 5. The topological polar surface area (TPSA) is 72.9 Å². The minimum atomic E-state index is -0.658. The first-order valence-electron chi connectivity index (χ1n) is 10.4. The number of carbonyl (C=O) groups is 3. The van der Waals surface area contributed by atoms with Crippen molar-refractivity contribution < 1.29 is 23.9 Å². The van der Waals surface area contributed by atoms with Crippen LogP contribution in [0.4, 0.5) is 4.79 Å². The zero-order valence-corrected chi connectivity index (χ0v) is 18.3. The maximum atomic E-state index is 13.4. The Labute approximate surface area is 173 Å². The van der Waals surface area contributed by atoms with Crippen LogP contribution in [0, 0.1) is 11.8 Å². The summed E-state index contributed by atoms with van der Waals surface area (Å²) in [7, 11) is 0. The van der Waals surface area contributed by atoms with Crippen LogP contribution < -0.4 is 0 Å². The molecule has 1 saturated heterocycles. The molecule has 1 aromatic rings. The highest BCUT2D eigenvalue weighted by atomic mass is 16.6. The first-order valence-corrected chi connectivity index (χ1v) is 10.4. The van der Waals surface area contributed by atoms with Crippen LogP contribution in [-0.2, 0) is 19.1 Å². The molecule has 0 saturated carbocycles. The van der Waals surface area contributed by atoms with Crippen molar-refractivity contribution in [3.63, 3.8) is 0 Å². The van der Waals surface area contributed by atoms with Gasteiger partial charge in [0, 0.05) is 0 Å². The second-order valence-corrected chi connectivity index (χ2v) is 8.73. The molecule has 2 unspecified atom stereocenters. The second-order valence-electron chi connectivity index (χ2n) is 8.73. The van der Waals surface area contributed by atoms with Crippen molar-refractivity contribution in [2.45, 2.75) is 78.6 Å². The van der Waals surface area contributed by atoms with Gasteiger partial charge in [0.1, 0.15) is 11.7 Å². The van der Waals surface area contributed by atoms with E-state index >= 15 is 0 Å². The monoisotopic (exact) mass is 403 g/mol. The Morgan fingerprint density at radius 2 is 1.83 bits per heavy atom. The van der Waals surface area contributed by atoms with Crippen LogP contribution in [-0.4, -0.2) is 34.5 Å². The fourth-order valence-corrected chi connectivity index (χ4v) is 3.59. The van der Waals surface area contributed by atoms with E-state index in [-0.39, 0.29) is 5.91 Å². The molecular formula is C23H33NO5. The van der Waals surface area contributed by atoms with Gasteiger partial charge in [-0.05, 0) is 39.7 Å². The molecule has 1 aliphatic heterocycles. The van der Waals surface area contributed by atoms with E-state index in [4.69, 9.17) is 9.47 Å². The number of rotatable bonds is 7. The number of imide groups is 1. The molecule has 160 valence electrons. The highest BCUT2D eigenvalue weighted by Gasteiger charge is 2.47. The summed E-state index contributed by atoms with van der Waals surface area (Å²) in [6, 6.07) is 8.93. The third-order valence-electron chi connectivity index (χ3n) is 5.20. The number of cyclic esters (lactones) is 1. The first-order chi connectivity index (χ1) is 13.6. The van der Waals surface area contributed by atoms with Crippen molar-refractivity contribution in [1.82, 2.24) is 4.90 Å². The van der Waals surface area contributed by atoms with Crippen LogP contribution in [0.15, 0.2) is 30.3 Å². The molecule has 2 rings (SSSR count). The molecule has 0 bridgehead atoms. The Morgan fingerprint density at radius 3 is 2.38 bits per heavy atom. The summed E-state index contributed by atoms with van der Waals surface area (Å²) in [5.41, 5.74) is 0.205. The summed E-state index contributed by atoms with van der Waals surface area (Å²) in [5.74, 6) is -2.07. The Balaban J connectivity index is 2.23. The van der Waals surface area contributed by atoms with Crippen molar-refractivity contribution >= 4 is 18.0 Å². The Morgan fingerprint density at radius 1 is 1.21 bits per heavy atom. The van der Waals surface area contributed by atoms with E-state index < -0.39 is 41.6 Å². The molecule has 0 spiro atoms. The molecule has 1 aliphatic rings. The van der Waals surface area contributed by atoms with Gasteiger partial charge in [0.15, 0.2) is 0 Å². The number of nitrogens with zero attached hydrogens (tertiary/aromatic N) is 1. The Bertz CT molecular complexity index is 725. The predicted molar refractivity (Wildman–Crippen MR) is 110 cm³/mol. The lowest BCUT2D eigenvalue weighted by atomic mass is 9.87. The Hall–Kier alpha value is -2.37. The van der Waals surface area contributed by atoms with Crippen molar-refractivity contribution in [3.8, 4) is 0 Å². The molecule has 0 radical (unpaired) electrons. The summed E-state index contributed by atoms with van der Waals surface area (Å²) >= 11 is 0. The van der Waals surface area contributed by atoms with Crippen LogP contribution >= 0.6 is 0 Å². The molecule has 2 amide bonds. The predicted octanol–water partition coefficient (Wildman–Crippen LogP) is 4.88. The van der Waals surface area contributed by atoms with Gasteiger partial charge in [0.2, 0.25) is 5.91 Å². The lowest BCUT2D eigenvalue weighted by Crippen LogP contribution is -2.45. The SMILES string of the molecule is CCCCC(C(=O)N1C(=O)O[C@@H](c2ccccc2)[C@H]1C)C(C)C(=O)OC(C)(C)C. The minimum absolute atomic E-state index is 0.368. The van der Waals surface area contributed by atoms with E-state index in [2.05, 4.69) is 0 Å². The van der Waals surface area contributed by atoms with Crippen LogP contribution in [0.2, 0.25) is 0 Å². The molecule has 0 aliphatic carbocycles. The van der Waals surface area contributed by atoms with Crippen LogP contribution in [0.5, 0.6) is 0 Å². The average molecular weight is 404 g/mol. The number of amides is 2. The third-order valence-corrected chi connectivity index (χ3v) is 5.20. The van der Waals surface area contributed by atoms with Gasteiger partial charge >= 0.3 is 12.1 Å². The molecule has 6 nitrogen and oxygen atoms in total. The first kappa shape index (κ1) is 22.9. The van der Waals surface area contributed by atoms with Crippen LogP contribution in [0.1, 0.15) is 72.5 Å². The van der Waals surface area contributed by atoms with Crippen LogP contribution in [0.25, 0.3) is 0 Å². The fourth-order valence-electron chi connectivity index (χ4n) is 3.59. The largest absolute Gasteiger partial charge is 0.460 e. The van der Waals surface area contributed by atoms with Gasteiger partial charge in [-0.25, -0.2) is 9.69 Å². The summed E-state index contributed by atoms with van der Waals surface area (Å²) in [6.07, 6.45) is 1.01. The van der Waals surface area contributed by atoms with Gasteiger partial charge in [0.05, 0.1) is 17.9 Å². The van der Waals surface area contributed by atoms with Gasteiger partial charge < -0.3 is 9.47 Å². The zero-order chi connectivity index (χ0) is 21.8. The van der Waals surface area contributed by atoms with Crippen molar-refractivity contribution in [1.29, 1.82) is 0 Å². The second kappa shape index (κ2) is 9.42. The summed E-state index contributed by atoms with van der Waals surface area (Å²) < 4.78 is 11.0. The highest BCUT2D eigenvalue weighted by Crippen LogP contribution is 2.35. The lowest BCUT2D eigenvalue weighted by molar-refractivity contribution is -0.164.